The van der Waals surface area contributed by atoms with E-state index in [1.807, 2.05) is 19.9 Å². The van der Waals surface area contributed by atoms with Crippen molar-refractivity contribution in [2.24, 2.45) is 5.92 Å². The smallest absolute Gasteiger partial charge is 0.169 e. The van der Waals surface area contributed by atoms with E-state index in [9.17, 15) is 4.79 Å². The van der Waals surface area contributed by atoms with Crippen molar-refractivity contribution in [2.45, 2.75) is 20.3 Å². The summed E-state index contributed by atoms with van der Waals surface area (Å²) >= 11 is 0. The lowest BCUT2D eigenvalue weighted by Crippen LogP contribution is -2.04. The summed E-state index contributed by atoms with van der Waals surface area (Å²) in [7, 11) is 1.62. The van der Waals surface area contributed by atoms with Crippen LogP contribution in [-0.4, -0.2) is 12.9 Å². The number of Topliss-reactive ketones (excluding diaryl/α,β-unsaturated/α-hetero) is 1. The molecule has 1 atom stereocenters. The summed E-state index contributed by atoms with van der Waals surface area (Å²) in [6.07, 6.45) is 0.853. The lowest BCUT2D eigenvalue weighted by atomic mass is 10.1. The van der Waals surface area contributed by atoms with Crippen molar-refractivity contribution >= 4 is 5.78 Å². The zero-order valence-corrected chi connectivity index (χ0v) is 8.76. The Morgan fingerprint density at radius 2 is 2.14 bits per heavy atom. The Morgan fingerprint density at radius 3 is 2.79 bits per heavy atom. The van der Waals surface area contributed by atoms with E-state index in [1.54, 1.807) is 7.11 Å². The summed E-state index contributed by atoms with van der Waals surface area (Å²) in [5, 5.41) is 0. The van der Waals surface area contributed by atoms with Crippen LogP contribution in [0, 0.1) is 12.8 Å². The molecule has 1 aromatic rings. The van der Waals surface area contributed by atoms with Crippen LogP contribution in [-0.2, 0) is 6.42 Å². The lowest BCUT2D eigenvalue weighted by molar-refractivity contribution is 0.0944. The summed E-state index contributed by atoms with van der Waals surface area (Å²) in [6.45, 7) is 3.99. The van der Waals surface area contributed by atoms with E-state index in [1.165, 1.54) is 0 Å². The van der Waals surface area contributed by atoms with E-state index < -0.39 is 0 Å². The maximum Gasteiger partial charge on any atom is 0.169 e. The van der Waals surface area contributed by atoms with Gasteiger partial charge in [-0.05, 0) is 30.5 Å². The van der Waals surface area contributed by atoms with E-state index >= 15 is 0 Å². The SMILES string of the molecule is COc1cc(C)cc2c1C(=O)C(C)C2. The van der Waals surface area contributed by atoms with Crippen molar-refractivity contribution < 1.29 is 9.53 Å². The number of methoxy groups -OCH3 is 1. The fourth-order valence-corrected chi connectivity index (χ4v) is 2.10. The third-order valence-corrected chi connectivity index (χ3v) is 2.77. The molecule has 1 aliphatic carbocycles. The molecular weight excluding hydrogens is 176 g/mol. The normalized spacial score (nSPS) is 19.6. The molecule has 1 aliphatic rings. The molecule has 0 N–H and O–H groups in total. The second kappa shape index (κ2) is 3.12. The van der Waals surface area contributed by atoms with Crippen molar-refractivity contribution in [3.05, 3.63) is 28.8 Å². The third-order valence-electron chi connectivity index (χ3n) is 2.77. The lowest BCUT2D eigenvalue weighted by Gasteiger charge is -2.07. The van der Waals surface area contributed by atoms with Gasteiger partial charge in [0.1, 0.15) is 5.75 Å². The van der Waals surface area contributed by atoms with Gasteiger partial charge in [0.2, 0.25) is 0 Å². The van der Waals surface area contributed by atoms with Crippen LogP contribution in [0.1, 0.15) is 28.4 Å². The van der Waals surface area contributed by atoms with E-state index in [0.29, 0.717) is 0 Å². The van der Waals surface area contributed by atoms with Crippen LogP contribution in [0.15, 0.2) is 12.1 Å². The monoisotopic (exact) mass is 190 g/mol. The molecule has 0 aromatic heterocycles. The summed E-state index contributed by atoms with van der Waals surface area (Å²) in [6, 6.07) is 4.01. The largest absolute Gasteiger partial charge is 0.496 e. The standard InChI is InChI=1S/C12H14O2/c1-7-4-9-6-8(2)12(13)11(9)10(5-7)14-3/h4-5,8H,6H2,1-3H3. The molecule has 0 aliphatic heterocycles. The Hall–Kier alpha value is -1.31. The van der Waals surface area contributed by atoms with Crippen molar-refractivity contribution in [3.63, 3.8) is 0 Å². The predicted octanol–water partition coefficient (Wildman–Crippen LogP) is 2.38. The van der Waals surface area contributed by atoms with Gasteiger partial charge in [-0.2, -0.15) is 0 Å². The van der Waals surface area contributed by atoms with Gasteiger partial charge in [0.25, 0.3) is 0 Å². The van der Waals surface area contributed by atoms with Gasteiger partial charge < -0.3 is 4.74 Å². The minimum Gasteiger partial charge on any atom is -0.496 e. The number of ketones is 1. The zero-order valence-electron chi connectivity index (χ0n) is 8.76. The molecule has 0 bridgehead atoms. The first kappa shape index (κ1) is 9.25. The van der Waals surface area contributed by atoms with Crippen molar-refractivity contribution in [1.82, 2.24) is 0 Å². The van der Waals surface area contributed by atoms with Crippen LogP contribution in [0.25, 0.3) is 0 Å². The topological polar surface area (TPSA) is 26.3 Å². The molecule has 14 heavy (non-hydrogen) atoms. The molecule has 1 unspecified atom stereocenters. The molecule has 0 heterocycles. The predicted molar refractivity (Wildman–Crippen MR) is 54.9 cm³/mol. The van der Waals surface area contributed by atoms with Gasteiger partial charge in [-0.1, -0.05) is 13.0 Å². The average molecular weight is 190 g/mol. The molecule has 0 amide bonds. The third kappa shape index (κ3) is 1.22. The van der Waals surface area contributed by atoms with Crippen LogP contribution in [0.5, 0.6) is 5.75 Å². The average Bonchev–Trinajstić information content (AvgIpc) is 2.41. The first-order chi connectivity index (χ1) is 6.63. The number of rotatable bonds is 1. The van der Waals surface area contributed by atoms with Crippen LogP contribution in [0.4, 0.5) is 0 Å². The Kier molecular flexibility index (Phi) is 2.06. The van der Waals surface area contributed by atoms with E-state index in [2.05, 4.69) is 6.07 Å². The number of benzene rings is 1. The highest BCUT2D eigenvalue weighted by Crippen LogP contribution is 2.34. The quantitative estimate of drug-likeness (QED) is 0.679. The Bertz CT molecular complexity index is 394. The molecule has 0 radical (unpaired) electrons. The second-order valence-electron chi connectivity index (χ2n) is 3.97. The molecule has 2 rings (SSSR count). The number of carbonyl (C=O) groups is 1. The number of aryl methyl sites for hydroxylation is 1. The van der Waals surface area contributed by atoms with Crippen molar-refractivity contribution in [2.75, 3.05) is 7.11 Å². The van der Waals surface area contributed by atoms with Crippen LogP contribution >= 0.6 is 0 Å². The highest BCUT2D eigenvalue weighted by molar-refractivity contribution is 6.04. The molecule has 2 heteroatoms. The number of hydrogen-bond acceptors (Lipinski definition) is 2. The summed E-state index contributed by atoms with van der Waals surface area (Å²) in [4.78, 5) is 11.8. The summed E-state index contributed by atoms with van der Waals surface area (Å²) in [5.41, 5.74) is 3.09. The van der Waals surface area contributed by atoms with Gasteiger partial charge in [-0.15, -0.1) is 0 Å². The fourth-order valence-electron chi connectivity index (χ4n) is 2.10. The highest BCUT2D eigenvalue weighted by atomic mass is 16.5. The van der Waals surface area contributed by atoms with Gasteiger partial charge in [0.15, 0.2) is 5.78 Å². The first-order valence-corrected chi connectivity index (χ1v) is 4.85. The maximum absolute atomic E-state index is 11.8. The number of ether oxygens (including phenoxy) is 1. The van der Waals surface area contributed by atoms with Gasteiger partial charge in [-0.25, -0.2) is 0 Å². The minimum atomic E-state index is 0.112. The second-order valence-corrected chi connectivity index (χ2v) is 3.97. The number of hydrogen-bond donors (Lipinski definition) is 0. The Balaban J connectivity index is 2.62. The van der Waals surface area contributed by atoms with Gasteiger partial charge in [0.05, 0.1) is 12.7 Å². The van der Waals surface area contributed by atoms with Crippen LogP contribution in [0.3, 0.4) is 0 Å². The van der Waals surface area contributed by atoms with Gasteiger partial charge in [0, 0.05) is 5.92 Å². The first-order valence-electron chi connectivity index (χ1n) is 4.85. The zero-order chi connectivity index (χ0) is 10.3. The summed E-state index contributed by atoms with van der Waals surface area (Å²) in [5.74, 6) is 1.06. The maximum atomic E-state index is 11.8. The molecule has 0 saturated carbocycles. The fraction of sp³-hybridized carbons (Fsp3) is 0.417. The van der Waals surface area contributed by atoms with E-state index in [-0.39, 0.29) is 11.7 Å². The molecule has 1 aromatic carbocycles. The molecule has 0 fully saturated rings. The van der Waals surface area contributed by atoms with E-state index in [4.69, 9.17) is 4.74 Å². The number of fused-ring (bicyclic) bond motifs is 1. The number of carbonyl (C=O) groups excluding carboxylic acids is 1. The molecule has 0 saturated heterocycles. The van der Waals surface area contributed by atoms with Gasteiger partial charge in [-0.3, -0.25) is 4.79 Å². The molecule has 0 spiro atoms. The van der Waals surface area contributed by atoms with Crippen LogP contribution in [0.2, 0.25) is 0 Å². The molecule has 74 valence electrons. The summed E-state index contributed by atoms with van der Waals surface area (Å²) < 4.78 is 5.24. The van der Waals surface area contributed by atoms with Crippen molar-refractivity contribution in [1.29, 1.82) is 0 Å². The highest BCUT2D eigenvalue weighted by Gasteiger charge is 2.30. The van der Waals surface area contributed by atoms with E-state index in [0.717, 1.165) is 28.9 Å². The van der Waals surface area contributed by atoms with Crippen molar-refractivity contribution in [3.8, 4) is 5.75 Å². The minimum absolute atomic E-state index is 0.112. The van der Waals surface area contributed by atoms with Crippen LogP contribution < -0.4 is 4.74 Å². The Morgan fingerprint density at radius 1 is 1.43 bits per heavy atom. The Labute approximate surface area is 83.9 Å². The molecular formula is C12H14O2. The molecule has 2 nitrogen and oxygen atoms in total. The van der Waals surface area contributed by atoms with Gasteiger partial charge >= 0.3 is 0 Å².